The van der Waals surface area contributed by atoms with Crippen LogP contribution in [0.2, 0.25) is 6.55 Å². The molecule has 0 aliphatic carbocycles. The standard InChI is InChI=1S/2C13H15.C7H8Si.Zr/c2*1-3-10-8-12-7-5-6-11(4-2)13(12)9-10;1-8-7-5-3-2-4-6-7;/h2*5-9H,3-4H2,1-2H3;2-6H,1H3;/q2*-1;;+2. The molecule has 0 spiro atoms. The van der Waals surface area contributed by atoms with Crippen LogP contribution in [0, 0.1) is 0 Å². The van der Waals surface area contributed by atoms with Gasteiger partial charge in [0.05, 0.1) is 0 Å². The van der Waals surface area contributed by atoms with Crippen LogP contribution < -0.4 is 5.19 Å². The first-order valence-electron chi connectivity index (χ1n) is 13.0. The predicted molar refractivity (Wildman–Crippen MR) is 154 cm³/mol. The molecule has 0 saturated heterocycles. The average Bonchev–Trinajstić information content (AvgIpc) is 3.53. The molecule has 5 rings (SSSR count). The SMILES string of the molecule is CCc1cc2c(CC)cccc2[cH-]1.CCc1cc2c(CC)cccc2[cH-]1.C[Si](=[Zr+2])c1ccccc1. The third kappa shape index (κ3) is 7.48. The van der Waals surface area contributed by atoms with Crippen molar-refractivity contribution in [1.29, 1.82) is 0 Å². The summed E-state index contributed by atoms with van der Waals surface area (Å²) in [7, 11) is 0. The monoisotopic (exact) mass is 552 g/mol. The van der Waals surface area contributed by atoms with Crippen LogP contribution in [0.4, 0.5) is 0 Å². The van der Waals surface area contributed by atoms with Gasteiger partial charge in [-0.3, -0.25) is 0 Å². The van der Waals surface area contributed by atoms with Crippen molar-refractivity contribution in [2.45, 2.75) is 59.9 Å². The van der Waals surface area contributed by atoms with E-state index in [9.17, 15) is 0 Å². The molecule has 0 radical (unpaired) electrons. The normalized spacial score (nSPS) is 10.5. The maximum atomic E-state index is 2.35. The molecule has 0 amide bonds. The van der Waals surface area contributed by atoms with Crippen LogP contribution in [0.1, 0.15) is 49.9 Å². The summed E-state index contributed by atoms with van der Waals surface area (Å²) in [6.45, 7) is 11.2. The summed E-state index contributed by atoms with van der Waals surface area (Å²) in [4.78, 5) is 0. The van der Waals surface area contributed by atoms with Crippen LogP contribution in [-0.4, -0.2) is 5.43 Å². The van der Waals surface area contributed by atoms with E-state index in [-0.39, 0.29) is 5.43 Å². The summed E-state index contributed by atoms with van der Waals surface area (Å²) in [5.74, 6) is 0. The second kappa shape index (κ2) is 13.9. The van der Waals surface area contributed by atoms with Crippen molar-refractivity contribution >= 4 is 32.2 Å². The summed E-state index contributed by atoms with van der Waals surface area (Å²) in [6, 6.07) is 33.2. The van der Waals surface area contributed by atoms with Crippen molar-refractivity contribution < 1.29 is 23.3 Å². The van der Waals surface area contributed by atoms with Gasteiger partial charge in [-0.15, -0.1) is 69.1 Å². The summed E-state index contributed by atoms with van der Waals surface area (Å²) in [5, 5.41) is 7.25. The minimum atomic E-state index is -0.122. The number of benzene rings is 3. The van der Waals surface area contributed by atoms with Gasteiger partial charge in [-0.2, -0.15) is 12.1 Å². The summed E-state index contributed by atoms with van der Waals surface area (Å²) < 4.78 is 0. The van der Waals surface area contributed by atoms with E-state index >= 15 is 0 Å². The first-order chi connectivity index (χ1) is 17.0. The minimum absolute atomic E-state index is 0.122. The molecule has 2 heteroatoms. The Hall–Kier alpha value is -2.02. The third-order valence-electron chi connectivity index (χ3n) is 6.59. The molecular weight excluding hydrogens is 516 g/mol. The van der Waals surface area contributed by atoms with E-state index < -0.39 is 0 Å². The van der Waals surface area contributed by atoms with E-state index in [4.69, 9.17) is 0 Å². The zero-order chi connectivity index (χ0) is 25.2. The molecule has 0 unspecified atom stereocenters. The molecule has 0 saturated carbocycles. The third-order valence-corrected chi connectivity index (χ3v) is 9.91. The van der Waals surface area contributed by atoms with Crippen molar-refractivity contribution in [3.05, 3.63) is 113 Å². The molecule has 0 aromatic heterocycles. The molecule has 0 N–H and O–H groups in total. The van der Waals surface area contributed by atoms with Crippen LogP contribution in [0.5, 0.6) is 0 Å². The Morgan fingerprint density at radius 1 is 0.600 bits per heavy atom. The van der Waals surface area contributed by atoms with Gasteiger partial charge in [0, 0.05) is 0 Å². The Balaban J connectivity index is 0.000000150. The number of aryl methyl sites for hydroxylation is 4. The topological polar surface area (TPSA) is 0 Å². The first kappa shape index (κ1) is 27.6. The van der Waals surface area contributed by atoms with Crippen molar-refractivity contribution in [3.63, 3.8) is 0 Å². The van der Waals surface area contributed by atoms with Gasteiger partial charge in [-0.25, -0.2) is 0 Å². The van der Waals surface area contributed by atoms with E-state index in [0.29, 0.717) is 0 Å². The number of fused-ring (bicyclic) bond motifs is 2. The second-order valence-electron chi connectivity index (χ2n) is 8.97. The van der Waals surface area contributed by atoms with E-state index in [1.54, 1.807) is 28.5 Å². The second-order valence-corrected chi connectivity index (χ2v) is 16.3. The Labute approximate surface area is 227 Å². The van der Waals surface area contributed by atoms with Crippen molar-refractivity contribution in [2.75, 3.05) is 0 Å². The molecule has 178 valence electrons. The zero-order valence-electron chi connectivity index (χ0n) is 22.0. The van der Waals surface area contributed by atoms with Crippen LogP contribution in [0.25, 0.3) is 21.5 Å². The number of rotatable bonds is 5. The fraction of sp³-hybridized carbons (Fsp3) is 0.273. The van der Waals surface area contributed by atoms with Crippen LogP contribution in [0.3, 0.4) is 0 Å². The van der Waals surface area contributed by atoms with Gasteiger partial charge in [-0.05, 0) is 25.7 Å². The Morgan fingerprint density at radius 2 is 1.06 bits per heavy atom. The Bertz CT molecular complexity index is 1270. The molecule has 0 atom stereocenters. The number of hydrogen-bond acceptors (Lipinski definition) is 0. The van der Waals surface area contributed by atoms with Gasteiger partial charge >= 0.3 is 70.8 Å². The Kier molecular flexibility index (Phi) is 11.0. The molecule has 0 aliphatic rings. The van der Waals surface area contributed by atoms with Gasteiger partial charge in [-0.1, -0.05) is 51.0 Å². The molecule has 5 aromatic carbocycles. The van der Waals surface area contributed by atoms with Crippen molar-refractivity contribution in [2.24, 2.45) is 0 Å². The molecule has 0 nitrogen and oxygen atoms in total. The first-order valence-corrected chi connectivity index (χ1v) is 18.6. The molecule has 0 bridgehead atoms. The zero-order valence-corrected chi connectivity index (χ0v) is 25.4. The molecule has 0 fully saturated rings. The summed E-state index contributed by atoms with van der Waals surface area (Å²) in [6.07, 6.45) is 4.53. The van der Waals surface area contributed by atoms with Crippen molar-refractivity contribution in [1.82, 2.24) is 0 Å². The maximum absolute atomic E-state index is 2.35. The molecule has 35 heavy (non-hydrogen) atoms. The molecular formula is C33H38SiZr. The van der Waals surface area contributed by atoms with Crippen LogP contribution in [0.15, 0.2) is 91.0 Å². The summed E-state index contributed by atoms with van der Waals surface area (Å²) in [5.41, 5.74) is 5.73. The van der Waals surface area contributed by atoms with Gasteiger partial charge in [0.15, 0.2) is 0 Å². The van der Waals surface area contributed by atoms with E-state index in [1.807, 2.05) is 0 Å². The van der Waals surface area contributed by atoms with Crippen LogP contribution in [-0.2, 0) is 49.0 Å². The molecule has 5 aromatic rings. The van der Waals surface area contributed by atoms with Gasteiger partial charge in [0.1, 0.15) is 0 Å². The van der Waals surface area contributed by atoms with Gasteiger partial charge in [0.25, 0.3) is 0 Å². The van der Waals surface area contributed by atoms with E-state index in [2.05, 4.69) is 125 Å². The van der Waals surface area contributed by atoms with Crippen LogP contribution >= 0.6 is 0 Å². The fourth-order valence-electron chi connectivity index (χ4n) is 4.44. The van der Waals surface area contributed by atoms with Gasteiger partial charge in [0.2, 0.25) is 0 Å². The average molecular weight is 554 g/mol. The molecule has 0 aliphatic heterocycles. The van der Waals surface area contributed by atoms with Gasteiger partial charge < -0.3 is 0 Å². The quantitative estimate of drug-likeness (QED) is 0.151. The predicted octanol–water partition coefficient (Wildman–Crippen LogP) is 8.43. The number of hydrogen-bond donors (Lipinski definition) is 0. The van der Waals surface area contributed by atoms with E-state index in [1.165, 1.54) is 43.8 Å². The summed E-state index contributed by atoms with van der Waals surface area (Å²) >= 11 is 1.69. The van der Waals surface area contributed by atoms with Crippen molar-refractivity contribution in [3.8, 4) is 0 Å². The molecule has 0 heterocycles. The van der Waals surface area contributed by atoms with E-state index in [0.717, 1.165) is 25.7 Å². The Morgan fingerprint density at radius 3 is 1.40 bits per heavy atom. The fourth-order valence-corrected chi connectivity index (χ4v) is 6.36.